The van der Waals surface area contributed by atoms with Gasteiger partial charge in [-0.25, -0.2) is 17.8 Å². The highest BCUT2D eigenvalue weighted by Crippen LogP contribution is 2.32. The Hall–Kier alpha value is -1.76. The van der Waals surface area contributed by atoms with Crippen LogP contribution in [-0.2, 0) is 9.84 Å². The molecule has 0 saturated heterocycles. The van der Waals surface area contributed by atoms with E-state index < -0.39 is 15.3 Å². The van der Waals surface area contributed by atoms with E-state index in [1.54, 1.807) is 6.07 Å². The number of hydrogen-bond donors (Lipinski definition) is 0. The summed E-state index contributed by atoms with van der Waals surface area (Å²) in [4.78, 5) is 3.66. The predicted octanol–water partition coefficient (Wildman–Crippen LogP) is 2.13. The molecule has 0 amide bonds. The summed E-state index contributed by atoms with van der Waals surface area (Å²) in [7, 11) is -4.18. The van der Waals surface area contributed by atoms with Crippen molar-refractivity contribution < 1.29 is 17.3 Å². The Labute approximate surface area is 104 Å². The van der Waals surface area contributed by atoms with Crippen LogP contribution in [0.15, 0.2) is 33.9 Å². The summed E-state index contributed by atoms with van der Waals surface area (Å²) in [5, 5.41) is 3.24. The number of alkyl halides is 1. The summed E-state index contributed by atoms with van der Waals surface area (Å²) >= 11 is 0. The van der Waals surface area contributed by atoms with Crippen LogP contribution in [0.25, 0.3) is 0 Å². The fraction of sp³-hybridized carbons (Fsp3) is 0.273. The van der Waals surface area contributed by atoms with Crippen LogP contribution in [-0.4, -0.2) is 18.6 Å². The van der Waals surface area contributed by atoms with Gasteiger partial charge in [0.2, 0.25) is 15.3 Å². The van der Waals surface area contributed by atoms with Crippen molar-refractivity contribution in [2.75, 3.05) is 0 Å². The first-order chi connectivity index (χ1) is 8.44. The van der Waals surface area contributed by atoms with Crippen molar-refractivity contribution in [3.05, 3.63) is 41.4 Å². The predicted molar refractivity (Wildman–Crippen MR) is 61.2 cm³/mol. The van der Waals surface area contributed by atoms with Crippen LogP contribution in [0, 0.1) is 13.8 Å². The van der Waals surface area contributed by atoms with Crippen LogP contribution < -0.4 is 0 Å². The number of nitrogens with zero attached hydrogens (tertiary/aromatic N) is 2. The van der Waals surface area contributed by atoms with E-state index in [4.69, 9.17) is 4.52 Å². The van der Waals surface area contributed by atoms with Crippen molar-refractivity contribution in [2.45, 2.75) is 24.4 Å². The second-order valence-electron chi connectivity index (χ2n) is 3.77. The molecule has 0 aliphatic rings. The molecule has 0 aliphatic carbocycles. The van der Waals surface area contributed by atoms with Crippen LogP contribution in [0.5, 0.6) is 0 Å². The lowest BCUT2D eigenvalue weighted by atomic mass is 10.2. The summed E-state index contributed by atoms with van der Waals surface area (Å²) in [5.41, 5.74) is -2.06. The molecule has 0 bridgehead atoms. The van der Waals surface area contributed by atoms with Gasteiger partial charge in [0.25, 0.3) is 0 Å². The van der Waals surface area contributed by atoms with Crippen molar-refractivity contribution in [1.29, 1.82) is 0 Å². The molecule has 0 radical (unpaired) electrons. The number of aromatic nitrogens is 2. The molecule has 2 rings (SSSR count). The Morgan fingerprint density at radius 3 is 2.56 bits per heavy atom. The highest BCUT2D eigenvalue weighted by atomic mass is 32.2. The maximum Gasteiger partial charge on any atom is 0.237 e. The Bertz CT molecular complexity index is 633. The highest BCUT2D eigenvalue weighted by molar-refractivity contribution is 7.91. The number of rotatable bonds is 3. The zero-order chi connectivity index (χ0) is 13.3. The number of sulfone groups is 1. The Morgan fingerprint density at radius 2 is 2.06 bits per heavy atom. The monoisotopic (exact) mass is 270 g/mol. The second-order valence-corrected chi connectivity index (χ2v) is 5.69. The van der Waals surface area contributed by atoms with Crippen molar-refractivity contribution in [3.8, 4) is 0 Å². The van der Waals surface area contributed by atoms with Crippen LogP contribution in [0.2, 0.25) is 0 Å². The van der Waals surface area contributed by atoms with Gasteiger partial charge in [-0.3, -0.25) is 0 Å². The van der Waals surface area contributed by atoms with Gasteiger partial charge in [-0.1, -0.05) is 11.2 Å². The lowest BCUT2D eigenvalue weighted by molar-refractivity contribution is 0.384. The van der Waals surface area contributed by atoms with Gasteiger partial charge in [0.1, 0.15) is 5.76 Å². The molecule has 0 aromatic carbocycles. The summed E-state index contributed by atoms with van der Waals surface area (Å²) in [6.07, 6.45) is 1.30. The molecule has 0 saturated carbocycles. The van der Waals surface area contributed by atoms with Gasteiger partial charge in [0.05, 0.1) is 11.3 Å². The first-order valence-corrected chi connectivity index (χ1v) is 6.71. The standard InChI is InChI=1S/C11H11FN2O3S/c1-7-10(8(2)17-14-7)11(12)18(15,16)9-5-3-4-6-13-9/h3-6,11H,1-2H3. The summed E-state index contributed by atoms with van der Waals surface area (Å²) in [5.74, 6) is 0.152. The third-order valence-electron chi connectivity index (χ3n) is 2.52. The van der Waals surface area contributed by atoms with Gasteiger partial charge in [-0.05, 0) is 26.0 Å². The molecular formula is C11H11FN2O3S. The smallest absolute Gasteiger partial charge is 0.237 e. The first-order valence-electron chi connectivity index (χ1n) is 5.16. The minimum absolute atomic E-state index is 0.0550. The molecule has 5 nitrogen and oxygen atoms in total. The summed E-state index contributed by atoms with van der Waals surface area (Å²) in [6.45, 7) is 2.96. The Balaban J connectivity index is 2.50. The lowest BCUT2D eigenvalue weighted by Gasteiger charge is -2.08. The van der Waals surface area contributed by atoms with Gasteiger partial charge in [-0.2, -0.15) is 0 Å². The van der Waals surface area contributed by atoms with E-state index in [0.29, 0.717) is 0 Å². The Kier molecular flexibility index (Phi) is 3.16. The molecule has 1 unspecified atom stereocenters. The molecule has 2 aromatic heterocycles. The summed E-state index contributed by atoms with van der Waals surface area (Å²) < 4.78 is 43.1. The zero-order valence-electron chi connectivity index (χ0n) is 9.79. The molecule has 2 aromatic rings. The van der Waals surface area contributed by atoms with Gasteiger partial charge in [0.15, 0.2) is 5.03 Å². The molecule has 2 heterocycles. The topological polar surface area (TPSA) is 73.1 Å². The quantitative estimate of drug-likeness (QED) is 0.854. The van der Waals surface area contributed by atoms with E-state index in [1.807, 2.05) is 0 Å². The minimum Gasteiger partial charge on any atom is -0.361 e. The van der Waals surface area contributed by atoms with Crippen molar-refractivity contribution >= 4 is 9.84 Å². The average Bonchev–Trinajstić information content (AvgIpc) is 2.69. The molecule has 96 valence electrons. The zero-order valence-corrected chi connectivity index (χ0v) is 10.6. The van der Waals surface area contributed by atoms with E-state index >= 15 is 0 Å². The number of halogens is 1. The molecular weight excluding hydrogens is 259 g/mol. The van der Waals surface area contributed by atoms with Crippen LogP contribution in [0.4, 0.5) is 4.39 Å². The van der Waals surface area contributed by atoms with Gasteiger partial charge < -0.3 is 4.52 Å². The van der Waals surface area contributed by atoms with Gasteiger partial charge >= 0.3 is 0 Å². The van der Waals surface area contributed by atoms with E-state index in [9.17, 15) is 12.8 Å². The molecule has 1 atom stereocenters. The number of aryl methyl sites for hydroxylation is 2. The number of pyridine rings is 1. The third-order valence-corrected chi connectivity index (χ3v) is 4.12. The molecule has 0 N–H and O–H groups in total. The van der Waals surface area contributed by atoms with Crippen molar-refractivity contribution in [2.24, 2.45) is 0 Å². The third kappa shape index (κ3) is 2.01. The summed E-state index contributed by atoms with van der Waals surface area (Å²) in [6, 6.07) is 4.29. The van der Waals surface area contributed by atoms with E-state index in [-0.39, 0.29) is 22.0 Å². The van der Waals surface area contributed by atoms with Crippen molar-refractivity contribution in [3.63, 3.8) is 0 Å². The van der Waals surface area contributed by atoms with Gasteiger partial charge in [-0.15, -0.1) is 0 Å². The minimum atomic E-state index is -4.18. The second kappa shape index (κ2) is 4.49. The molecule has 18 heavy (non-hydrogen) atoms. The molecule has 7 heteroatoms. The van der Waals surface area contributed by atoms with E-state index in [2.05, 4.69) is 10.1 Å². The average molecular weight is 270 g/mol. The fourth-order valence-electron chi connectivity index (χ4n) is 1.59. The molecule has 0 fully saturated rings. The molecule has 0 aliphatic heterocycles. The highest BCUT2D eigenvalue weighted by Gasteiger charge is 2.34. The molecule has 0 spiro atoms. The maximum absolute atomic E-state index is 14.2. The van der Waals surface area contributed by atoms with Gasteiger partial charge in [0, 0.05) is 6.20 Å². The lowest BCUT2D eigenvalue weighted by Crippen LogP contribution is -2.12. The largest absolute Gasteiger partial charge is 0.361 e. The van der Waals surface area contributed by atoms with Crippen LogP contribution in [0.1, 0.15) is 22.5 Å². The SMILES string of the molecule is Cc1noc(C)c1C(F)S(=O)(=O)c1ccccn1. The fourth-order valence-corrected chi connectivity index (χ4v) is 2.93. The Morgan fingerprint density at radius 1 is 1.33 bits per heavy atom. The van der Waals surface area contributed by atoms with E-state index in [0.717, 1.165) is 0 Å². The van der Waals surface area contributed by atoms with E-state index in [1.165, 1.54) is 32.2 Å². The first kappa shape index (κ1) is 12.7. The maximum atomic E-state index is 14.2. The van der Waals surface area contributed by atoms with Crippen molar-refractivity contribution in [1.82, 2.24) is 10.1 Å². The number of hydrogen-bond acceptors (Lipinski definition) is 5. The normalized spacial score (nSPS) is 13.5. The van der Waals surface area contributed by atoms with Crippen LogP contribution in [0.3, 0.4) is 0 Å². The van der Waals surface area contributed by atoms with Crippen LogP contribution >= 0.6 is 0 Å².